The highest BCUT2D eigenvalue weighted by atomic mass is 79.9. The summed E-state index contributed by atoms with van der Waals surface area (Å²) in [6.45, 7) is 7.12. The topological polar surface area (TPSA) is 78.9 Å². The number of ether oxygens (including phenoxy) is 1. The van der Waals surface area contributed by atoms with E-state index in [4.69, 9.17) is 4.74 Å². The maximum atomic E-state index is 14.1. The highest BCUT2D eigenvalue weighted by molar-refractivity contribution is 9.10. The minimum atomic E-state index is -0.864. The van der Waals surface area contributed by atoms with Crippen molar-refractivity contribution in [3.05, 3.63) is 45.6 Å². The third-order valence-electron chi connectivity index (χ3n) is 4.12. The largest absolute Gasteiger partial charge is 0.444 e. The molecule has 1 aliphatic rings. The van der Waals surface area contributed by atoms with Gasteiger partial charge in [0.1, 0.15) is 23.2 Å². The van der Waals surface area contributed by atoms with E-state index in [0.717, 1.165) is 12.1 Å². The molecule has 0 aliphatic carbocycles. The first kappa shape index (κ1) is 23.1. The van der Waals surface area contributed by atoms with Crippen LogP contribution >= 0.6 is 15.9 Å². The van der Waals surface area contributed by atoms with E-state index in [2.05, 4.69) is 21.2 Å². The monoisotopic (exact) mass is 472 g/mol. The van der Waals surface area contributed by atoms with Crippen molar-refractivity contribution in [2.75, 3.05) is 13.1 Å². The lowest BCUT2D eigenvalue weighted by Gasteiger charge is -2.24. The molecule has 1 amide bonds. The molecule has 9 heteroatoms. The van der Waals surface area contributed by atoms with Crippen LogP contribution in [0.2, 0.25) is 0 Å². The molecule has 0 saturated carbocycles. The van der Waals surface area contributed by atoms with Crippen LogP contribution in [0.1, 0.15) is 33.3 Å². The highest BCUT2D eigenvalue weighted by Crippen LogP contribution is 2.25. The van der Waals surface area contributed by atoms with Gasteiger partial charge in [-0.3, -0.25) is 0 Å². The smallest absolute Gasteiger partial charge is 0.410 e. The number of β-amino-alcohol motifs (C(OH)–C–C–N with tert-alkyl or cyclic N) is 1. The van der Waals surface area contributed by atoms with Gasteiger partial charge >= 0.3 is 6.09 Å². The molecule has 1 fully saturated rings. The Kier molecular flexibility index (Phi) is 7.21. The van der Waals surface area contributed by atoms with Crippen molar-refractivity contribution >= 4 is 33.5 Å². The van der Waals surface area contributed by atoms with Gasteiger partial charge in [-0.15, -0.1) is 0 Å². The molecule has 2 rings (SSSR count). The van der Waals surface area contributed by atoms with Gasteiger partial charge in [-0.05, 0) is 61.8 Å². The normalized spacial score (nSPS) is 19.7. The van der Waals surface area contributed by atoms with E-state index in [0.29, 0.717) is 5.70 Å². The molecule has 1 aromatic rings. The van der Waals surface area contributed by atoms with Gasteiger partial charge in [0, 0.05) is 17.8 Å². The van der Waals surface area contributed by atoms with Crippen molar-refractivity contribution in [1.82, 2.24) is 10.2 Å². The first-order valence-corrected chi connectivity index (χ1v) is 9.71. The number of hydrogen-bond donors (Lipinski definition) is 2. The van der Waals surface area contributed by atoms with Gasteiger partial charge < -0.3 is 20.1 Å². The number of likely N-dealkylation sites (tertiary alicyclic amines) is 1. The van der Waals surface area contributed by atoms with Crippen LogP contribution in [0.5, 0.6) is 0 Å². The van der Waals surface area contributed by atoms with Gasteiger partial charge in [0.05, 0.1) is 28.7 Å². The molecule has 0 bridgehead atoms. The van der Waals surface area contributed by atoms with Crippen molar-refractivity contribution < 1.29 is 28.2 Å². The maximum absolute atomic E-state index is 14.1. The fourth-order valence-electron chi connectivity index (χ4n) is 2.85. The van der Waals surface area contributed by atoms with Crippen LogP contribution in [0.3, 0.4) is 0 Å². The number of nitrogens with zero attached hydrogens (tertiary/aromatic N) is 1. The Morgan fingerprint density at radius 1 is 1.34 bits per heavy atom. The Morgan fingerprint density at radius 2 is 2.00 bits per heavy atom. The second-order valence-electron chi connectivity index (χ2n) is 7.79. The van der Waals surface area contributed by atoms with Crippen LogP contribution < -0.4 is 5.32 Å². The standard InChI is InChI=1S/C20H23BrF2N2O4/c1-11(5-12(10-26)13-6-16(23)14(21)7-15(13)22)24-17-8-25(9-18(17)27)19(28)29-20(2,3)4/h5-7,17-18,24,27H,8-9H2,1-4H3/b11-5+/t17-,18-/m0/s1. The fraction of sp³-hybridized carbons (Fsp3) is 0.450. The van der Waals surface area contributed by atoms with E-state index in [9.17, 15) is 23.5 Å². The summed E-state index contributed by atoms with van der Waals surface area (Å²) in [6, 6.07) is 1.31. The molecule has 158 valence electrons. The van der Waals surface area contributed by atoms with Crippen molar-refractivity contribution in [3.63, 3.8) is 0 Å². The maximum Gasteiger partial charge on any atom is 0.410 e. The SMILES string of the molecule is C/C(=C\C(=C=O)c1cc(F)c(Br)cc1F)N[C@H]1CN(C(=O)OC(C)(C)C)C[C@@H]1O. The Balaban J connectivity index is 2.12. The summed E-state index contributed by atoms with van der Waals surface area (Å²) in [4.78, 5) is 24.8. The molecular formula is C20H23BrF2N2O4. The van der Waals surface area contributed by atoms with E-state index in [1.165, 1.54) is 11.0 Å². The molecule has 2 atom stereocenters. The Hall–Kier alpha value is -2.22. The van der Waals surface area contributed by atoms with Crippen LogP contribution in [0.15, 0.2) is 28.4 Å². The summed E-state index contributed by atoms with van der Waals surface area (Å²) in [5.41, 5.74) is -0.655. The number of carbonyl (C=O) groups is 1. The zero-order valence-electron chi connectivity index (χ0n) is 16.6. The predicted octanol–water partition coefficient (Wildman–Crippen LogP) is 3.42. The summed E-state index contributed by atoms with van der Waals surface area (Å²) < 4.78 is 33.1. The van der Waals surface area contributed by atoms with E-state index in [1.54, 1.807) is 33.6 Å². The zero-order chi connectivity index (χ0) is 21.9. The number of rotatable bonds is 4. The van der Waals surface area contributed by atoms with E-state index < -0.39 is 35.5 Å². The second kappa shape index (κ2) is 9.07. The van der Waals surface area contributed by atoms with Crippen LogP contribution in [0.4, 0.5) is 13.6 Å². The van der Waals surface area contributed by atoms with Crippen molar-refractivity contribution in [1.29, 1.82) is 0 Å². The van der Waals surface area contributed by atoms with E-state index in [-0.39, 0.29) is 28.7 Å². The predicted molar refractivity (Wildman–Crippen MR) is 108 cm³/mol. The number of carbonyl (C=O) groups excluding carboxylic acids is 2. The summed E-state index contributed by atoms with van der Waals surface area (Å²) in [5.74, 6) is 0.112. The molecule has 1 heterocycles. The lowest BCUT2D eigenvalue weighted by molar-refractivity contribution is 0.0270. The Labute approximate surface area is 176 Å². The number of aliphatic hydroxyl groups is 1. The Morgan fingerprint density at radius 3 is 2.59 bits per heavy atom. The minimum Gasteiger partial charge on any atom is -0.444 e. The summed E-state index contributed by atoms with van der Waals surface area (Å²) in [5, 5.41) is 13.2. The number of hydrogen-bond acceptors (Lipinski definition) is 5. The van der Waals surface area contributed by atoms with Crippen molar-refractivity contribution in [2.24, 2.45) is 0 Å². The lowest BCUT2D eigenvalue weighted by Crippen LogP contribution is -2.39. The lowest BCUT2D eigenvalue weighted by atomic mass is 10.1. The second-order valence-corrected chi connectivity index (χ2v) is 8.65. The molecular weight excluding hydrogens is 450 g/mol. The van der Waals surface area contributed by atoms with Crippen LogP contribution in [0, 0.1) is 11.6 Å². The average Bonchev–Trinajstić information content (AvgIpc) is 2.95. The molecule has 0 radical (unpaired) electrons. The third kappa shape index (κ3) is 6.13. The van der Waals surface area contributed by atoms with E-state index >= 15 is 0 Å². The Bertz CT molecular complexity index is 876. The zero-order valence-corrected chi connectivity index (χ0v) is 18.1. The van der Waals surface area contributed by atoms with Gasteiger partial charge in [-0.2, -0.15) is 0 Å². The van der Waals surface area contributed by atoms with Gasteiger partial charge in [0.15, 0.2) is 0 Å². The molecule has 1 aliphatic heterocycles. The van der Waals surface area contributed by atoms with Crippen LogP contribution in [-0.2, 0) is 9.53 Å². The molecule has 2 N–H and O–H groups in total. The first-order chi connectivity index (χ1) is 13.4. The quantitative estimate of drug-likeness (QED) is 0.398. The average molecular weight is 473 g/mol. The van der Waals surface area contributed by atoms with Gasteiger partial charge in [-0.25, -0.2) is 18.4 Å². The fourth-order valence-corrected chi connectivity index (χ4v) is 3.16. The number of allylic oxidation sites excluding steroid dienone is 3. The molecule has 29 heavy (non-hydrogen) atoms. The first-order valence-electron chi connectivity index (χ1n) is 8.92. The van der Waals surface area contributed by atoms with Crippen LogP contribution in [0.25, 0.3) is 5.57 Å². The third-order valence-corrected chi connectivity index (χ3v) is 4.73. The molecule has 0 aromatic heterocycles. The van der Waals surface area contributed by atoms with Gasteiger partial charge in [0.25, 0.3) is 0 Å². The number of benzene rings is 1. The van der Waals surface area contributed by atoms with Crippen molar-refractivity contribution in [3.8, 4) is 0 Å². The minimum absolute atomic E-state index is 0.0564. The number of halogens is 3. The molecule has 0 spiro atoms. The number of amides is 1. The van der Waals surface area contributed by atoms with Crippen molar-refractivity contribution in [2.45, 2.75) is 45.4 Å². The summed E-state index contributed by atoms with van der Waals surface area (Å²) in [7, 11) is 0. The van der Waals surface area contributed by atoms with E-state index in [1.807, 2.05) is 0 Å². The highest BCUT2D eigenvalue weighted by Gasteiger charge is 2.36. The van der Waals surface area contributed by atoms with Gasteiger partial charge in [-0.1, -0.05) is 0 Å². The summed E-state index contributed by atoms with van der Waals surface area (Å²) >= 11 is 2.88. The molecule has 1 saturated heterocycles. The number of aliphatic hydroxyl groups excluding tert-OH is 1. The van der Waals surface area contributed by atoms with Crippen LogP contribution in [-0.4, -0.2) is 52.9 Å². The number of nitrogens with one attached hydrogen (secondary N) is 1. The molecule has 0 unspecified atom stereocenters. The van der Waals surface area contributed by atoms with Gasteiger partial charge in [0.2, 0.25) is 0 Å². The summed E-state index contributed by atoms with van der Waals surface area (Å²) in [6.07, 6.45) is -0.0958. The molecule has 1 aromatic carbocycles. The molecule has 6 nitrogen and oxygen atoms in total.